The SMILES string of the molecule is Cc1ccc(C(=O)Nc2cc(-c3cnn(C)c3)cc(C(F)(F)F)c2)cc1Nc1cc(-c2cccnc2)ccn1. The number of hydrogen-bond donors (Lipinski definition) is 2. The lowest BCUT2D eigenvalue weighted by Crippen LogP contribution is -2.14. The summed E-state index contributed by atoms with van der Waals surface area (Å²) in [5.41, 5.74) is 3.56. The summed E-state index contributed by atoms with van der Waals surface area (Å²) in [4.78, 5) is 21.6. The number of carbonyl (C=O) groups excluding carboxylic acids is 1. The molecule has 0 saturated carbocycles. The lowest BCUT2D eigenvalue weighted by molar-refractivity contribution is -0.137. The number of benzene rings is 2. The second-order valence-electron chi connectivity index (χ2n) is 8.98. The van der Waals surface area contributed by atoms with Gasteiger partial charge in [-0.05, 0) is 72.1 Å². The van der Waals surface area contributed by atoms with E-state index in [9.17, 15) is 18.0 Å². The molecule has 0 spiro atoms. The molecule has 10 heteroatoms. The Labute approximate surface area is 222 Å². The highest BCUT2D eigenvalue weighted by atomic mass is 19.4. The van der Waals surface area contributed by atoms with Crippen LogP contribution in [0, 0.1) is 6.92 Å². The molecule has 2 N–H and O–H groups in total. The van der Waals surface area contributed by atoms with Crippen molar-refractivity contribution in [2.24, 2.45) is 7.05 Å². The Kier molecular flexibility index (Phi) is 6.84. The van der Waals surface area contributed by atoms with Crippen molar-refractivity contribution >= 4 is 23.1 Å². The largest absolute Gasteiger partial charge is 0.416 e. The van der Waals surface area contributed by atoms with Gasteiger partial charge in [0.2, 0.25) is 0 Å². The molecular weight excluding hydrogens is 505 g/mol. The molecule has 5 rings (SSSR count). The van der Waals surface area contributed by atoms with Gasteiger partial charge in [-0.2, -0.15) is 18.3 Å². The zero-order valence-electron chi connectivity index (χ0n) is 21.0. The van der Waals surface area contributed by atoms with Crippen LogP contribution in [0.3, 0.4) is 0 Å². The normalized spacial score (nSPS) is 11.3. The van der Waals surface area contributed by atoms with Crippen LogP contribution in [0.25, 0.3) is 22.3 Å². The van der Waals surface area contributed by atoms with Crippen LogP contribution in [-0.4, -0.2) is 25.7 Å². The van der Waals surface area contributed by atoms with Gasteiger partial charge in [-0.25, -0.2) is 4.98 Å². The summed E-state index contributed by atoms with van der Waals surface area (Å²) in [6.07, 6.45) is 3.61. The quantitative estimate of drug-likeness (QED) is 0.251. The number of rotatable bonds is 6. The average molecular weight is 529 g/mol. The maximum atomic E-state index is 13.6. The fourth-order valence-electron chi connectivity index (χ4n) is 4.05. The molecule has 1 amide bonds. The molecule has 0 saturated heterocycles. The van der Waals surface area contributed by atoms with Crippen LogP contribution in [0.1, 0.15) is 21.5 Å². The molecule has 3 heterocycles. The van der Waals surface area contributed by atoms with E-state index in [2.05, 4.69) is 25.7 Å². The molecule has 0 aliphatic heterocycles. The molecule has 0 aliphatic rings. The maximum Gasteiger partial charge on any atom is 0.416 e. The monoisotopic (exact) mass is 528 g/mol. The van der Waals surface area contributed by atoms with Crippen molar-refractivity contribution in [2.45, 2.75) is 13.1 Å². The summed E-state index contributed by atoms with van der Waals surface area (Å²) in [5, 5.41) is 9.88. The fraction of sp³-hybridized carbons (Fsp3) is 0.103. The van der Waals surface area contributed by atoms with Crippen molar-refractivity contribution in [3.8, 4) is 22.3 Å². The zero-order chi connectivity index (χ0) is 27.6. The number of nitrogens with zero attached hydrogens (tertiary/aromatic N) is 4. The Bertz CT molecular complexity index is 1650. The van der Waals surface area contributed by atoms with Gasteiger partial charge in [0.1, 0.15) is 5.82 Å². The third-order valence-electron chi connectivity index (χ3n) is 6.07. The van der Waals surface area contributed by atoms with Gasteiger partial charge in [-0.3, -0.25) is 14.5 Å². The third kappa shape index (κ3) is 5.96. The van der Waals surface area contributed by atoms with Crippen LogP contribution in [0.2, 0.25) is 0 Å². The molecule has 196 valence electrons. The van der Waals surface area contributed by atoms with Gasteiger partial charge in [0.15, 0.2) is 0 Å². The Morgan fingerprint density at radius 1 is 0.897 bits per heavy atom. The van der Waals surface area contributed by atoms with Crippen LogP contribution in [0.4, 0.5) is 30.4 Å². The molecule has 0 atom stereocenters. The molecule has 0 unspecified atom stereocenters. The molecule has 39 heavy (non-hydrogen) atoms. The van der Waals surface area contributed by atoms with Gasteiger partial charge in [0.25, 0.3) is 5.91 Å². The zero-order valence-corrected chi connectivity index (χ0v) is 21.0. The van der Waals surface area contributed by atoms with E-state index >= 15 is 0 Å². The summed E-state index contributed by atoms with van der Waals surface area (Å²) in [6.45, 7) is 1.88. The molecule has 0 fully saturated rings. The van der Waals surface area contributed by atoms with Gasteiger partial charge in [-0.15, -0.1) is 0 Å². The van der Waals surface area contributed by atoms with Crippen molar-refractivity contribution in [2.75, 3.05) is 10.6 Å². The molecule has 3 aromatic heterocycles. The predicted molar refractivity (Wildman–Crippen MR) is 144 cm³/mol. The first-order valence-corrected chi connectivity index (χ1v) is 11.9. The Morgan fingerprint density at radius 2 is 1.74 bits per heavy atom. The highest BCUT2D eigenvalue weighted by molar-refractivity contribution is 6.05. The Morgan fingerprint density at radius 3 is 2.46 bits per heavy atom. The van der Waals surface area contributed by atoms with Crippen LogP contribution in [0.5, 0.6) is 0 Å². The van der Waals surface area contributed by atoms with E-state index in [4.69, 9.17) is 0 Å². The summed E-state index contributed by atoms with van der Waals surface area (Å²) >= 11 is 0. The van der Waals surface area contributed by atoms with E-state index < -0.39 is 17.6 Å². The van der Waals surface area contributed by atoms with Gasteiger partial charge < -0.3 is 10.6 Å². The first-order chi connectivity index (χ1) is 18.7. The van der Waals surface area contributed by atoms with E-state index in [1.54, 1.807) is 50.0 Å². The summed E-state index contributed by atoms with van der Waals surface area (Å²) in [7, 11) is 1.67. The maximum absolute atomic E-state index is 13.6. The topological polar surface area (TPSA) is 84.7 Å². The van der Waals surface area contributed by atoms with Crippen LogP contribution >= 0.6 is 0 Å². The molecule has 0 radical (unpaired) electrons. The number of pyridine rings is 2. The molecule has 2 aromatic carbocycles. The van der Waals surface area contributed by atoms with E-state index in [1.165, 1.54) is 16.9 Å². The number of alkyl halides is 3. The number of aromatic nitrogens is 4. The summed E-state index contributed by atoms with van der Waals surface area (Å²) in [5.74, 6) is 0.0163. The second-order valence-corrected chi connectivity index (χ2v) is 8.98. The van der Waals surface area contributed by atoms with Crippen LogP contribution in [-0.2, 0) is 13.2 Å². The van der Waals surface area contributed by atoms with E-state index in [-0.39, 0.29) is 11.3 Å². The van der Waals surface area contributed by atoms with Gasteiger partial charge in [0.05, 0.1) is 11.8 Å². The van der Waals surface area contributed by atoms with E-state index in [0.29, 0.717) is 22.6 Å². The lowest BCUT2D eigenvalue weighted by Gasteiger charge is -2.14. The summed E-state index contributed by atoms with van der Waals surface area (Å²) in [6, 6.07) is 16.0. The Hall–Kier alpha value is -4.99. The molecule has 7 nitrogen and oxygen atoms in total. The molecule has 5 aromatic rings. The molecular formula is C29H23F3N6O. The van der Waals surface area contributed by atoms with Crippen molar-refractivity contribution in [1.29, 1.82) is 0 Å². The third-order valence-corrected chi connectivity index (χ3v) is 6.07. The number of aryl methyl sites for hydroxylation is 2. The average Bonchev–Trinajstić information content (AvgIpc) is 3.36. The van der Waals surface area contributed by atoms with Crippen LogP contribution in [0.15, 0.2) is 91.6 Å². The van der Waals surface area contributed by atoms with Crippen molar-refractivity contribution in [3.05, 3.63) is 108 Å². The highest BCUT2D eigenvalue weighted by Crippen LogP contribution is 2.35. The minimum atomic E-state index is -4.59. The Balaban J connectivity index is 1.41. The van der Waals surface area contributed by atoms with Crippen molar-refractivity contribution in [1.82, 2.24) is 19.7 Å². The van der Waals surface area contributed by atoms with E-state index in [1.807, 2.05) is 31.2 Å². The summed E-state index contributed by atoms with van der Waals surface area (Å²) < 4.78 is 42.4. The van der Waals surface area contributed by atoms with Gasteiger partial charge >= 0.3 is 6.18 Å². The number of hydrogen-bond acceptors (Lipinski definition) is 5. The minimum Gasteiger partial charge on any atom is -0.340 e. The smallest absolute Gasteiger partial charge is 0.340 e. The number of halogens is 3. The fourth-order valence-corrected chi connectivity index (χ4v) is 4.05. The molecule has 0 bridgehead atoms. The van der Waals surface area contributed by atoms with E-state index in [0.717, 1.165) is 28.8 Å². The minimum absolute atomic E-state index is 0.0228. The highest BCUT2D eigenvalue weighted by Gasteiger charge is 2.31. The lowest BCUT2D eigenvalue weighted by atomic mass is 10.0. The number of anilines is 3. The van der Waals surface area contributed by atoms with Crippen LogP contribution < -0.4 is 10.6 Å². The molecule has 0 aliphatic carbocycles. The van der Waals surface area contributed by atoms with Gasteiger partial charge in [-0.1, -0.05) is 12.1 Å². The predicted octanol–water partition coefficient (Wildman–Crippen LogP) is 6.87. The van der Waals surface area contributed by atoms with Crippen molar-refractivity contribution in [3.63, 3.8) is 0 Å². The number of nitrogens with one attached hydrogen (secondary N) is 2. The first-order valence-electron chi connectivity index (χ1n) is 11.9. The number of amides is 1. The number of carbonyl (C=O) groups is 1. The standard InChI is InChI=1S/C29H23F3N6O/c1-18-5-6-20(12-26(18)37-27-13-19(7-9-34-27)21-4-3-8-33-15-21)28(39)36-25-11-22(23-16-35-38(2)17-23)10-24(14-25)29(30,31)32/h3-17H,1-2H3,(H,34,37)(H,36,39). The second kappa shape index (κ2) is 10.4. The van der Waals surface area contributed by atoms with Gasteiger partial charge in [0, 0.05) is 59.9 Å². The van der Waals surface area contributed by atoms with Crippen molar-refractivity contribution < 1.29 is 18.0 Å². The first kappa shape index (κ1) is 25.7.